The molecule has 0 atom stereocenters. The minimum atomic E-state index is 0. The van der Waals surface area contributed by atoms with E-state index in [0.29, 0.717) is 0 Å². The van der Waals surface area contributed by atoms with Gasteiger partial charge in [0.05, 0.1) is 0 Å². The van der Waals surface area contributed by atoms with Crippen LogP contribution in [-0.4, -0.2) is 7.05 Å². The van der Waals surface area contributed by atoms with Crippen LogP contribution in [0.1, 0.15) is 5.56 Å². The third-order valence-corrected chi connectivity index (χ3v) is 1.86. The van der Waals surface area contributed by atoms with Crippen LogP contribution in [0.5, 0.6) is 0 Å². The molecule has 2 rings (SSSR count). The van der Waals surface area contributed by atoms with Gasteiger partial charge in [0.1, 0.15) is 0 Å². The minimum absolute atomic E-state index is 0. The molecule has 0 aliphatic heterocycles. The van der Waals surface area contributed by atoms with E-state index in [1.54, 1.807) is 0 Å². The summed E-state index contributed by atoms with van der Waals surface area (Å²) in [6, 6.07) is 16.2. The van der Waals surface area contributed by atoms with Crippen molar-refractivity contribution in [3.8, 4) is 0 Å². The molecule has 0 fully saturated rings. The van der Waals surface area contributed by atoms with Gasteiger partial charge in [-0.1, -0.05) is 12.6 Å². The van der Waals surface area contributed by atoms with Crippen molar-refractivity contribution in [1.29, 1.82) is 0 Å². The third kappa shape index (κ3) is 4.31. The molecule has 76 valence electrons. The average molecular weight is 229 g/mol. The molecule has 2 aromatic carbocycles. The Morgan fingerprint density at radius 3 is 2.00 bits per heavy atom. The zero-order valence-electron chi connectivity index (χ0n) is 8.47. The first-order valence-electron chi connectivity index (χ1n) is 4.41. The van der Waals surface area contributed by atoms with Crippen LogP contribution in [0.3, 0.4) is 0 Å². The van der Waals surface area contributed by atoms with Gasteiger partial charge in [-0.05, 0) is 0 Å². The molecule has 0 bridgehead atoms. The summed E-state index contributed by atoms with van der Waals surface area (Å²) in [6.45, 7) is 2.09. The van der Waals surface area contributed by atoms with E-state index in [1.165, 1.54) is 11.3 Å². The van der Waals surface area contributed by atoms with Crippen LogP contribution in [0, 0.1) is 6.92 Å². The van der Waals surface area contributed by atoms with E-state index in [-0.39, 0.29) is 17.1 Å². The molecule has 0 heterocycles. The van der Waals surface area contributed by atoms with E-state index in [9.17, 15) is 0 Å². The van der Waals surface area contributed by atoms with Crippen LogP contribution in [0.2, 0.25) is 0 Å². The molecule has 14 heavy (non-hydrogen) atoms. The van der Waals surface area contributed by atoms with Crippen molar-refractivity contribution >= 4 is 5.69 Å². The van der Waals surface area contributed by atoms with Gasteiger partial charge in [-0.3, -0.25) is 0 Å². The molecule has 0 aliphatic rings. The molecule has 0 saturated carbocycles. The Bertz CT molecular complexity index is 291. The molecule has 1 N–H and O–H groups in total. The van der Waals surface area contributed by atoms with E-state index in [4.69, 9.17) is 0 Å². The maximum Gasteiger partial charge on any atom is 2.00 e. The Kier molecular flexibility index (Phi) is 6.91. The van der Waals surface area contributed by atoms with Gasteiger partial charge in [0, 0.05) is 7.05 Å². The van der Waals surface area contributed by atoms with Gasteiger partial charge in [0.2, 0.25) is 0 Å². The Hall–Kier alpha value is -0.981. The van der Waals surface area contributed by atoms with Crippen LogP contribution >= 0.6 is 0 Å². The van der Waals surface area contributed by atoms with Gasteiger partial charge in [-0.25, -0.2) is 18.2 Å². The zero-order chi connectivity index (χ0) is 9.52. The van der Waals surface area contributed by atoms with Gasteiger partial charge in [-0.2, -0.15) is 29.8 Å². The Balaban J connectivity index is 0.000000246. The number of nitrogens with one attached hydrogen (secondary N) is 1. The van der Waals surface area contributed by atoms with Crippen molar-refractivity contribution in [3.05, 3.63) is 54.1 Å². The van der Waals surface area contributed by atoms with Crippen molar-refractivity contribution in [2.45, 2.75) is 6.92 Å². The summed E-state index contributed by atoms with van der Waals surface area (Å²) in [4.78, 5) is 0. The fraction of sp³-hybridized carbons (Fsp3) is 0.167. The molecular formula is C12H15FeN. The number of hydrogen-bond donors (Lipinski definition) is 1. The Labute approximate surface area is 96.3 Å². The summed E-state index contributed by atoms with van der Waals surface area (Å²) in [6.07, 6.45) is 0. The fourth-order valence-corrected chi connectivity index (χ4v) is 1.11. The van der Waals surface area contributed by atoms with Crippen LogP contribution in [-0.2, 0) is 17.1 Å². The summed E-state index contributed by atoms with van der Waals surface area (Å²) in [5.41, 5.74) is 2.54. The molecule has 0 aliphatic carbocycles. The SMILES string of the molecule is CNc1[cH-]ccc1C.[Fe+2].c1cc[cH-]c1. The van der Waals surface area contributed by atoms with Crippen LogP contribution in [0.25, 0.3) is 0 Å². The second kappa shape index (κ2) is 7.43. The molecule has 1 nitrogen and oxygen atoms in total. The van der Waals surface area contributed by atoms with Crippen LogP contribution in [0.15, 0.2) is 48.5 Å². The van der Waals surface area contributed by atoms with Crippen molar-refractivity contribution in [2.75, 3.05) is 12.4 Å². The molecule has 0 saturated heterocycles. The van der Waals surface area contributed by atoms with E-state index in [2.05, 4.69) is 24.4 Å². The van der Waals surface area contributed by atoms with Gasteiger partial charge in [0.25, 0.3) is 0 Å². The summed E-state index contributed by atoms with van der Waals surface area (Å²) in [7, 11) is 1.93. The second-order valence-electron chi connectivity index (χ2n) is 2.83. The summed E-state index contributed by atoms with van der Waals surface area (Å²) in [5.74, 6) is 0. The normalized spacial score (nSPS) is 8.14. The quantitative estimate of drug-likeness (QED) is 0.585. The zero-order valence-corrected chi connectivity index (χ0v) is 9.58. The molecule has 0 spiro atoms. The maximum atomic E-state index is 3.08. The maximum absolute atomic E-state index is 3.08. The van der Waals surface area contributed by atoms with Gasteiger partial charge in [-0.15, -0.1) is 6.07 Å². The summed E-state index contributed by atoms with van der Waals surface area (Å²) < 4.78 is 0. The first-order valence-corrected chi connectivity index (χ1v) is 4.41. The van der Waals surface area contributed by atoms with Crippen LogP contribution < -0.4 is 5.32 Å². The standard InChI is InChI=1S/C7H10N.C5H5.Fe/c1-6-4-3-5-7(6)8-2;1-2-4-5-3-1;/h3-5,8H,1-2H3;1-5H;/q2*-1;+2. The molecular weight excluding hydrogens is 214 g/mol. The molecule has 0 radical (unpaired) electrons. The molecule has 2 heteroatoms. The van der Waals surface area contributed by atoms with Gasteiger partial charge < -0.3 is 5.32 Å². The first-order chi connectivity index (χ1) is 6.34. The summed E-state index contributed by atoms with van der Waals surface area (Å²) in [5, 5.41) is 3.08. The van der Waals surface area contributed by atoms with E-state index in [0.717, 1.165) is 0 Å². The minimum Gasteiger partial charge on any atom is -0.410 e. The predicted molar refractivity (Wildman–Crippen MR) is 58.4 cm³/mol. The van der Waals surface area contributed by atoms with Crippen molar-refractivity contribution in [2.24, 2.45) is 0 Å². The van der Waals surface area contributed by atoms with Gasteiger partial charge in [0.15, 0.2) is 0 Å². The molecule has 0 aromatic heterocycles. The average Bonchev–Trinajstić information content (AvgIpc) is 2.76. The largest absolute Gasteiger partial charge is 2.00 e. The Morgan fingerprint density at radius 1 is 1.14 bits per heavy atom. The van der Waals surface area contributed by atoms with E-state index < -0.39 is 0 Å². The van der Waals surface area contributed by atoms with E-state index >= 15 is 0 Å². The summed E-state index contributed by atoms with van der Waals surface area (Å²) >= 11 is 0. The second-order valence-corrected chi connectivity index (χ2v) is 2.83. The monoisotopic (exact) mass is 229 g/mol. The number of rotatable bonds is 1. The fourth-order valence-electron chi connectivity index (χ4n) is 1.11. The Morgan fingerprint density at radius 2 is 1.79 bits per heavy atom. The van der Waals surface area contributed by atoms with Crippen molar-refractivity contribution in [3.63, 3.8) is 0 Å². The van der Waals surface area contributed by atoms with Crippen LogP contribution in [0.4, 0.5) is 5.69 Å². The van der Waals surface area contributed by atoms with E-state index in [1.807, 2.05) is 43.4 Å². The van der Waals surface area contributed by atoms with Crippen molar-refractivity contribution < 1.29 is 17.1 Å². The molecule has 0 unspecified atom stereocenters. The number of hydrogen-bond acceptors (Lipinski definition) is 1. The third-order valence-electron chi connectivity index (χ3n) is 1.86. The topological polar surface area (TPSA) is 12.0 Å². The number of aryl methyl sites for hydroxylation is 1. The number of anilines is 1. The van der Waals surface area contributed by atoms with Crippen molar-refractivity contribution in [1.82, 2.24) is 0 Å². The molecule has 2 aromatic rings. The van der Waals surface area contributed by atoms with Gasteiger partial charge >= 0.3 is 17.1 Å². The smallest absolute Gasteiger partial charge is 0.410 e. The first kappa shape index (κ1) is 13.0. The predicted octanol–water partition coefficient (Wildman–Crippen LogP) is 3.16. The molecule has 0 amide bonds.